The van der Waals surface area contributed by atoms with Crippen molar-refractivity contribution in [2.24, 2.45) is 5.92 Å². The Morgan fingerprint density at radius 2 is 1.65 bits per heavy atom. The first-order valence-corrected chi connectivity index (χ1v) is 8.85. The lowest BCUT2D eigenvalue weighted by Gasteiger charge is -2.31. The highest BCUT2D eigenvalue weighted by Gasteiger charge is 2.29. The molecule has 0 unspecified atom stereocenters. The summed E-state index contributed by atoms with van der Waals surface area (Å²) in [6, 6.07) is 15.2. The van der Waals surface area contributed by atoms with Crippen LogP contribution in [0.4, 0.5) is 4.39 Å². The van der Waals surface area contributed by atoms with Crippen LogP contribution in [0.3, 0.4) is 0 Å². The van der Waals surface area contributed by atoms with Crippen molar-refractivity contribution in [1.29, 1.82) is 0 Å². The number of carbonyl (C=O) groups is 2. The highest BCUT2D eigenvalue weighted by molar-refractivity contribution is 5.94. The third kappa shape index (κ3) is 4.28. The number of esters is 1. The Bertz CT molecular complexity index is 753. The average Bonchev–Trinajstić information content (AvgIpc) is 2.69. The maximum absolute atomic E-state index is 13.0. The minimum absolute atomic E-state index is 0.130. The predicted octanol–water partition coefficient (Wildman–Crippen LogP) is 3.98. The number of nitrogens with zero attached hydrogens (tertiary/aromatic N) is 1. The first-order valence-electron chi connectivity index (χ1n) is 8.85. The molecule has 0 N–H and O–H groups in total. The van der Waals surface area contributed by atoms with Crippen LogP contribution in [0.2, 0.25) is 0 Å². The van der Waals surface area contributed by atoms with Gasteiger partial charge in [-0.15, -0.1) is 0 Å². The Hall–Kier alpha value is -2.69. The van der Waals surface area contributed by atoms with Gasteiger partial charge in [-0.25, -0.2) is 4.39 Å². The summed E-state index contributed by atoms with van der Waals surface area (Å²) in [7, 11) is 0. The lowest BCUT2D eigenvalue weighted by molar-refractivity contribution is -0.155. The van der Waals surface area contributed by atoms with E-state index in [9.17, 15) is 14.0 Å². The second-order valence-electron chi connectivity index (χ2n) is 6.56. The van der Waals surface area contributed by atoms with Crippen LogP contribution in [0.1, 0.15) is 41.8 Å². The topological polar surface area (TPSA) is 46.6 Å². The summed E-state index contributed by atoms with van der Waals surface area (Å²) in [6.07, 6.45) is 0.864. The molecule has 0 radical (unpaired) electrons. The molecule has 4 nitrogen and oxygen atoms in total. The summed E-state index contributed by atoms with van der Waals surface area (Å²) in [5.74, 6) is -0.904. The van der Waals surface area contributed by atoms with Gasteiger partial charge in [-0.3, -0.25) is 9.59 Å². The molecule has 2 aromatic carbocycles. The molecule has 1 fully saturated rings. The van der Waals surface area contributed by atoms with Crippen molar-refractivity contribution in [2.75, 3.05) is 13.1 Å². The molecule has 136 valence electrons. The van der Waals surface area contributed by atoms with E-state index >= 15 is 0 Å². The van der Waals surface area contributed by atoms with Crippen LogP contribution in [0.5, 0.6) is 0 Å². The van der Waals surface area contributed by atoms with Gasteiger partial charge in [-0.2, -0.15) is 0 Å². The number of rotatable bonds is 4. The lowest BCUT2D eigenvalue weighted by atomic mass is 9.96. The third-order valence-corrected chi connectivity index (χ3v) is 4.77. The predicted molar refractivity (Wildman–Crippen MR) is 96.0 cm³/mol. The van der Waals surface area contributed by atoms with Gasteiger partial charge in [0.2, 0.25) is 0 Å². The fourth-order valence-corrected chi connectivity index (χ4v) is 3.16. The zero-order valence-corrected chi connectivity index (χ0v) is 14.7. The van der Waals surface area contributed by atoms with Crippen LogP contribution in [0.15, 0.2) is 54.6 Å². The summed E-state index contributed by atoms with van der Waals surface area (Å²) in [5, 5.41) is 0. The van der Waals surface area contributed by atoms with Gasteiger partial charge in [-0.1, -0.05) is 30.3 Å². The molecule has 0 aliphatic carbocycles. The summed E-state index contributed by atoms with van der Waals surface area (Å²) >= 11 is 0. The van der Waals surface area contributed by atoms with Crippen LogP contribution >= 0.6 is 0 Å². The van der Waals surface area contributed by atoms with Crippen molar-refractivity contribution < 1.29 is 18.7 Å². The number of halogens is 1. The summed E-state index contributed by atoms with van der Waals surface area (Å²) in [4.78, 5) is 26.5. The number of carbonyl (C=O) groups excluding carboxylic acids is 2. The second-order valence-corrected chi connectivity index (χ2v) is 6.56. The van der Waals surface area contributed by atoms with Crippen LogP contribution in [-0.4, -0.2) is 29.9 Å². The zero-order chi connectivity index (χ0) is 18.5. The second kappa shape index (κ2) is 8.13. The third-order valence-electron chi connectivity index (χ3n) is 4.77. The van der Waals surface area contributed by atoms with Crippen LogP contribution < -0.4 is 0 Å². The molecule has 5 heteroatoms. The summed E-state index contributed by atoms with van der Waals surface area (Å²) in [5.41, 5.74) is 1.43. The van der Waals surface area contributed by atoms with Crippen molar-refractivity contribution in [3.8, 4) is 0 Å². The maximum atomic E-state index is 13.0. The molecular weight excluding hydrogens is 333 g/mol. The largest absolute Gasteiger partial charge is 0.458 e. The Kier molecular flexibility index (Phi) is 5.66. The SMILES string of the molecule is C[C@@H](OC(=O)C1CCN(C(=O)c2ccc(F)cc2)CC1)c1ccccc1. The smallest absolute Gasteiger partial charge is 0.309 e. The first-order chi connectivity index (χ1) is 12.5. The number of piperidine rings is 1. The molecule has 1 aliphatic rings. The van der Waals surface area contributed by atoms with E-state index in [1.807, 2.05) is 37.3 Å². The molecule has 0 aromatic heterocycles. The van der Waals surface area contributed by atoms with Crippen LogP contribution in [0, 0.1) is 11.7 Å². The van der Waals surface area contributed by atoms with Gasteiger partial charge in [0, 0.05) is 18.7 Å². The molecule has 2 aromatic rings. The standard InChI is InChI=1S/C21H22FNO3/c1-15(16-5-3-2-4-6-16)26-21(25)18-11-13-23(14-12-18)20(24)17-7-9-19(22)10-8-17/h2-10,15,18H,11-14H2,1H3/t15-/m1/s1. The van der Waals surface area contributed by atoms with Crippen molar-refractivity contribution in [1.82, 2.24) is 4.90 Å². The first kappa shape index (κ1) is 18.1. The number of hydrogen-bond donors (Lipinski definition) is 0. The zero-order valence-electron chi connectivity index (χ0n) is 14.7. The van der Waals surface area contributed by atoms with Crippen molar-refractivity contribution in [3.63, 3.8) is 0 Å². The molecule has 1 atom stereocenters. The minimum Gasteiger partial charge on any atom is -0.458 e. The summed E-state index contributed by atoms with van der Waals surface area (Å²) in [6.45, 7) is 2.85. The maximum Gasteiger partial charge on any atom is 0.309 e. The molecule has 3 rings (SSSR count). The van der Waals surface area contributed by atoms with Crippen molar-refractivity contribution >= 4 is 11.9 Å². The molecule has 1 saturated heterocycles. The van der Waals surface area contributed by atoms with Crippen molar-refractivity contribution in [3.05, 3.63) is 71.5 Å². The van der Waals surface area contributed by atoms with E-state index in [2.05, 4.69) is 0 Å². The average molecular weight is 355 g/mol. The molecule has 0 saturated carbocycles. The fourth-order valence-electron chi connectivity index (χ4n) is 3.16. The monoisotopic (exact) mass is 355 g/mol. The van der Waals surface area contributed by atoms with Gasteiger partial charge in [0.05, 0.1) is 5.92 Å². The number of amides is 1. The fraction of sp³-hybridized carbons (Fsp3) is 0.333. The highest BCUT2D eigenvalue weighted by Crippen LogP contribution is 2.24. The molecule has 1 aliphatic heterocycles. The minimum atomic E-state index is -0.365. The summed E-state index contributed by atoms with van der Waals surface area (Å²) < 4.78 is 18.6. The molecule has 1 heterocycles. The number of likely N-dealkylation sites (tertiary alicyclic amines) is 1. The molecule has 0 bridgehead atoms. The van der Waals surface area contributed by atoms with Crippen molar-refractivity contribution in [2.45, 2.75) is 25.9 Å². The molecule has 0 spiro atoms. The van der Waals surface area contributed by atoms with E-state index in [0.717, 1.165) is 5.56 Å². The van der Waals surface area contributed by atoms with Gasteiger partial charge in [0.1, 0.15) is 11.9 Å². The Labute approximate surface area is 152 Å². The Balaban J connectivity index is 1.52. The Morgan fingerprint density at radius 3 is 2.27 bits per heavy atom. The van der Waals surface area contributed by atoms with Gasteiger partial charge in [-0.05, 0) is 49.6 Å². The van der Waals surface area contributed by atoms with Gasteiger partial charge in [0.25, 0.3) is 5.91 Å². The molecular formula is C21H22FNO3. The lowest BCUT2D eigenvalue weighted by Crippen LogP contribution is -2.40. The normalized spacial score (nSPS) is 16.2. The van der Waals surface area contributed by atoms with Crippen LogP contribution in [0.25, 0.3) is 0 Å². The number of benzene rings is 2. The van der Waals surface area contributed by atoms with Gasteiger partial charge < -0.3 is 9.64 Å². The molecule has 26 heavy (non-hydrogen) atoms. The van der Waals surface area contributed by atoms with E-state index in [0.29, 0.717) is 31.5 Å². The molecule has 1 amide bonds. The Morgan fingerprint density at radius 1 is 1.04 bits per heavy atom. The number of ether oxygens (including phenoxy) is 1. The number of hydrogen-bond acceptors (Lipinski definition) is 3. The van der Waals surface area contributed by atoms with Gasteiger partial charge >= 0.3 is 5.97 Å². The van der Waals surface area contributed by atoms with E-state index in [4.69, 9.17) is 4.74 Å². The van der Waals surface area contributed by atoms with E-state index in [-0.39, 0.29) is 29.7 Å². The van der Waals surface area contributed by atoms with E-state index in [1.165, 1.54) is 24.3 Å². The van der Waals surface area contributed by atoms with E-state index < -0.39 is 0 Å². The highest BCUT2D eigenvalue weighted by atomic mass is 19.1. The van der Waals surface area contributed by atoms with Crippen LogP contribution in [-0.2, 0) is 9.53 Å². The quantitative estimate of drug-likeness (QED) is 0.780. The van der Waals surface area contributed by atoms with E-state index in [1.54, 1.807) is 4.90 Å². The van der Waals surface area contributed by atoms with Gasteiger partial charge in [0.15, 0.2) is 0 Å².